The lowest BCUT2D eigenvalue weighted by Crippen LogP contribution is -2.33. The molecule has 1 amide bonds. The monoisotopic (exact) mass is 197 g/mol. The molecule has 1 aliphatic rings. The maximum Gasteiger partial charge on any atom is 0.219 e. The molecule has 82 valence electrons. The molecular formula is C12H23NO. The van der Waals surface area contributed by atoms with E-state index in [-0.39, 0.29) is 5.91 Å². The lowest BCUT2D eigenvalue weighted by Gasteiger charge is -2.33. The van der Waals surface area contributed by atoms with Gasteiger partial charge in [0.05, 0.1) is 0 Å². The first-order chi connectivity index (χ1) is 6.52. The van der Waals surface area contributed by atoms with Gasteiger partial charge in [0, 0.05) is 20.0 Å². The summed E-state index contributed by atoms with van der Waals surface area (Å²) in [7, 11) is 0. The van der Waals surface area contributed by atoms with Crippen molar-refractivity contribution in [2.75, 3.05) is 13.1 Å². The average molecular weight is 197 g/mol. The van der Waals surface area contributed by atoms with Gasteiger partial charge in [-0.2, -0.15) is 0 Å². The van der Waals surface area contributed by atoms with Crippen LogP contribution in [0.5, 0.6) is 0 Å². The van der Waals surface area contributed by atoms with E-state index in [9.17, 15) is 4.79 Å². The normalized spacial score (nSPS) is 27.4. The molecule has 1 saturated heterocycles. The van der Waals surface area contributed by atoms with E-state index in [1.165, 1.54) is 19.3 Å². The average Bonchev–Trinajstić information content (AvgIpc) is 2.50. The summed E-state index contributed by atoms with van der Waals surface area (Å²) in [6.07, 6.45) is 3.68. The topological polar surface area (TPSA) is 20.3 Å². The number of hydrogen-bond acceptors (Lipinski definition) is 1. The van der Waals surface area contributed by atoms with Crippen molar-refractivity contribution in [1.82, 2.24) is 4.90 Å². The lowest BCUT2D eigenvalue weighted by atomic mass is 9.73. The van der Waals surface area contributed by atoms with Gasteiger partial charge in [0.1, 0.15) is 0 Å². The van der Waals surface area contributed by atoms with Gasteiger partial charge < -0.3 is 4.90 Å². The highest BCUT2D eigenvalue weighted by molar-refractivity contribution is 5.73. The van der Waals surface area contributed by atoms with E-state index < -0.39 is 0 Å². The number of likely N-dealkylation sites (tertiary alicyclic amines) is 1. The van der Waals surface area contributed by atoms with Gasteiger partial charge >= 0.3 is 0 Å². The first-order valence-corrected chi connectivity index (χ1v) is 5.77. The SMILES string of the molecule is CCCC1(C(C)C)CCN(C(C)=O)C1. The van der Waals surface area contributed by atoms with Gasteiger partial charge in [-0.25, -0.2) is 0 Å². The van der Waals surface area contributed by atoms with Crippen LogP contribution in [0.3, 0.4) is 0 Å². The van der Waals surface area contributed by atoms with Crippen LogP contribution in [0.15, 0.2) is 0 Å². The molecule has 0 bridgehead atoms. The predicted molar refractivity (Wildman–Crippen MR) is 59.1 cm³/mol. The minimum atomic E-state index is 0.239. The maximum atomic E-state index is 11.3. The minimum absolute atomic E-state index is 0.239. The minimum Gasteiger partial charge on any atom is -0.342 e. The molecule has 2 heteroatoms. The Hall–Kier alpha value is -0.530. The van der Waals surface area contributed by atoms with Gasteiger partial charge in [-0.1, -0.05) is 27.2 Å². The number of amides is 1. The van der Waals surface area contributed by atoms with Gasteiger partial charge in [-0.3, -0.25) is 4.79 Å². The summed E-state index contributed by atoms with van der Waals surface area (Å²) in [6.45, 7) is 10.4. The number of nitrogens with zero attached hydrogens (tertiary/aromatic N) is 1. The van der Waals surface area contributed by atoms with Crippen molar-refractivity contribution in [1.29, 1.82) is 0 Å². The van der Waals surface area contributed by atoms with Crippen LogP contribution in [0.25, 0.3) is 0 Å². The molecule has 14 heavy (non-hydrogen) atoms. The summed E-state index contributed by atoms with van der Waals surface area (Å²) in [5.41, 5.74) is 0.403. The number of carbonyl (C=O) groups is 1. The molecule has 0 saturated carbocycles. The lowest BCUT2D eigenvalue weighted by molar-refractivity contribution is -0.128. The van der Waals surface area contributed by atoms with E-state index in [2.05, 4.69) is 20.8 Å². The van der Waals surface area contributed by atoms with E-state index in [1.807, 2.05) is 4.90 Å². The van der Waals surface area contributed by atoms with Crippen molar-refractivity contribution in [2.24, 2.45) is 11.3 Å². The fourth-order valence-corrected chi connectivity index (χ4v) is 2.63. The van der Waals surface area contributed by atoms with Gasteiger partial charge in [0.15, 0.2) is 0 Å². The first-order valence-electron chi connectivity index (χ1n) is 5.77. The van der Waals surface area contributed by atoms with E-state index in [1.54, 1.807) is 6.92 Å². The fraction of sp³-hybridized carbons (Fsp3) is 0.917. The molecule has 0 radical (unpaired) electrons. The highest BCUT2D eigenvalue weighted by Crippen LogP contribution is 2.41. The highest BCUT2D eigenvalue weighted by Gasteiger charge is 2.40. The second kappa shape index (κ2) is 4.33. The molecule has 1 rings (SSSR count). The van der Waals surface area contributed by atoms with E-state index >= 15 is 0 Å². The number of carbonyl (C=O) groups excluding carboxylic acids is 1. The molecular weight excluding hydrogens is 174 g/mol. The van der Waals surface area contributed by atoms with Crippen molar-refractivity contribution >= 4 is 5.91 Å². The molecule has 1 unspecified atom stereocenters. The third-order valence-electron chi connectivity index (χ3n) is 3.80. The highest BCUT2D eigenvalue weighted by atomic mass is 16.2. The number of hydrogen-bond donors (Lipinski definition) is 0. The van der Waals surface area contributed by atoms with Crippen LogP contribution in [0, 0.1) is 11.3 Å². The van der Waals surface area contributed by atoms with Crippen molar-refractivity contribution in [3.05, 3.63) is 0 Å². The molecule has 0 spiro atoms. The molecule has 0 aromatic heterocycles. The molecule has 0 aromatic carbocycles. The Kier molecular flexibility index (Phi) is 3.57. The first kappa shape index (κ1) is 11.5. The summed E-state index contributed by atoms with van der Waals surface area (Å²) in [5.74, 6) is 0.926. The van der Waals surface area contributed by atoms with E-state index in [0.29, 0.717) is 11.3 Å². The molecule has 2 nitrogen and oxygen atoms in total. The second-order valence-electron chi connectivity index (χ2n) is 4.96. The second-order valence-corrected chi connectivity index (χ2v) is 4.96. The van der Waals surface area contributed by atoms with Crippen molar-refractivity contribution < 1.29 is 4.79 Å². The summed E-state index contributed by atoms with van der Waals surface area (Å²) in [4.78, 5) is 13.3. The molecule has 0 aliphatic carbocycles. The smallest absolute Gasteiger partial charge is 0.219 e. The van der Waals surface area contributed by atoms with Gasteiger partial charge in [0.2, 0.25) is 5.91 Å². The third-order valence-corrected chi connectivity index (χ3v) is 3.80. The van der Waals surface area contributed by atoms with Crippen molar-refractivity contribution in [2.45, 2.75) is 47.0 Å². The summed E-state index contributed by atoms with van der Waals surface area (Å²) >= 11 is 0. The summed E-state index contributed by atoms with van der Waals surface area (Å²) in [6, 6.07) is 0. The molecule has 1 fully saturated rings. The van der Waals surface area contributed by atoms with Crippen LogP contribution < -0.4 is 0 Å². The van der Waals surface area contributed by atoms with Crippen LogP contribution in [-0.4, -0.2) is 23.9 Å². The van der Waals surface area contributed by atoms with Crippen LogP contribution in [-0.2, 0) is 4.79 Å². The van der Waals surface area contributed by atoms with Crippen molar-refractivity contribution in [3.63, 3.8) is 0 Å². The fourth-order valence-electron chi connectivity index (χ4n) is 2.63. The Balaban J connectivity index is 2.69. The van der Waals surface area contributed by atoms with Crippen LogP contribution >= 0.6 is 0 Å². The van der Waals surface area contributed by atoms with E-state index in [0.717, 1.165) is 13.1 Å². The zero-order chi connectivity index (χ0) is 10.8. The summed E-state index contributed by atoms with van der Waals surface area (Å²) < 4.78 is 0. The third kappa shape index (κ3) is 2.10. The molecule has 0 aromatic rings. The summed E-state index contributed by atoms with van der Waals surface area (Å²) in [5, 5.41) is 0. The zero-order valence-electron chi connectivity index (χ0n) is 9.97. The van der Waals surface area contributed by atoms with Crippen LogP contribution in [0.2, 0.25) is 0 Å². The Morgan fingerprint density at radius 3 is 2.50 bits per heavy atom. The Labute approximate surface area is 87.7 Å². The Morgan fingerprint density at radius 2 is 2.14 bits per heavy atom. The van der Waals surface area contributed by atoms with Gasteiger partial charge in [-0.15, -0.1) is 0 Å². The van der Waals surface area contributed by atoms with Crippen LogP contribution in [0.4, 0.5) is 0 Å². The maximum absolute atomic E-state index is 11.3. The quantitative estimate of drug-likeness (QED) is 0.681. The van der Waals surface area contributed by atoms with Crippen molar-refractivity contribution in [3.8, 4) is 0 Å². The van der Waals surface area contributed by atoms with Gasteiger partial charge in [0.25, 0.3) is 0 Å². The largest absolute Gasteiger partial charge is 0.342 e. The number of rotatable bonds is 3. The molecule has 1 heterocycles. The molecule has 1 atom stereocenters. The standard InChI is InChI=1S/C12H23NO/c1-5-6-12(10(2)3)7-8-13(9-12)11(4)14/h10H,5-9H2,1-4H3. The zero-order valence-corrected chi connectivity index (χ0v) is 9.97. The molecule has 1 aliphatic heterocycles. The Morgan fingerprint density at radius 1 is 1.50 bits per heavy atom. The predicted octanol–water partition coefficient (Wildman–Crippen LogP) is 2.68. The Bertz CT molecular complexity index is 212. The molecule has 0 N–H and O–H groups in total. The van der Waals surface area contributed by atoms with Gasteiger partial charge in [-0.05, 0) is 24.2 Å². The van der Waals surface area contributed by atoms with E-state index in [4.69, 9.17) is 0 Å². The van der Waals surface area contributed by atoms with Crippen LogP contribution in [0.1, 0.15) is 47.0 Å².